The van der Waals surface area contributed by atoms with Gasteiger partial charge in [0, 0.05) is 55.4 Å². The van der Waals surface area contributed by atoms with E-state index < -0.39 is 0 Å². The maximum atomic E-state index is 12.3. The summed E-state index contributed by atoms with van der Waals surface area (Å²) >= 11 is 0. The molecule has 0 bridgehead atoms. The first kappa shape index (κ1) is 17.0. The summed E-state index contributed by atoms with van der Waals surface area (Å²) < 4.78 is 4.11. The Morgan fingerprint density at radius 3 is 2.74 bits per heavy atom. The van der Waals surface area contributed by atoms with Crippen molar-refractivity contribution < 1.29 is 4.79 Å². The highest BCUT2D eigenvalue weighted by atomic mass is 16.1. The number of aromatic nitrogens is 4. The summed E-state index contributed by atoms with van der Waals surface area (Å²) in [5.41, 5.74) is 2.80. The highest BCUT2D eigenvalue weighted by molar-refractivity contribution is 5.94. The molecule has 0 aliphatic rings. The van der Waals surface area contributed by atoms with Crippen LogP contribution in [0.3, 0.4) is 0 Å². The second-order valence-corrected chi connectivity index (χ2v) is 6.47. The molecule has 0 fully saturated rings. The number of benzene rings is 1. The van der Waals surface area contributed by atoms with Gasteiger partial charge >= 0.3 is 0 Å². The lowest BCUT2D eigenvalue weighted by atomic mass is 10.1. The standard InChI is InChI=1S/C21H21N5O/c27-21(19-6-4-17(5-7-19)15-25-14-11-22-16-25)24-10-2-12-26-13-8-18-3-1-9-23-20(18)26/h1,3-9,11,13-14,16H,2,10,12,15H2,(H,24,27). The molecule has 0 saturated carbocycles. The summed E-state index contributed by atoms with van der Waals surface area (Å²) in [4.78, 5) is 20.7. The zero-order valence-electron chi connectivity index (χ0n) is 15.0. The van der Waals surface area contributed by atoms with Crippen LogP contribution in [-0.2, 0) is 13.1 Å². The molecule has 3 aromatic heterocycles. The van der Waals surface area contributed by atoms with Gasteiger partial charge in [-0.15, -0.1) is 0 Å². The van der Waals surface area contributed by atoms with E-state index in [0.29, 0.717) is 12.1 Å². The van der Waals surface area contributed by atoms with Crippen LogP contribution in [0.5, 0.6) is 0 Å². The summed E-state index contributed by atoms with van der Waals surface area (Å²) in [6.07, 6.45) is 10.2. The molecule has 136 valence electrons. The molecular weight excluding hydrogens is 338 g/mol. The molecule has 27 heavy (non-hydrogen) atoms. The zero-order chi connectivity index (χ0) is 18.5. The Hall–Kier alpha value is -3.41. The van der Waals surface area contributed by atoms with E-state index in [-0.39, 0.29) is 5.91 Å². The molecular formula is C21H21N5O. The molecule has 1 aromatic carbocycles. The van der Waals surface area contributed by atoms with Crippen LogP contribution in [-0.4, -0.2) is 31.6 Å². The maximum Gasteiger partial charge on any atom is 0.251 e. The lowest BCUT2D eigenvalue weighted by Gasteiger charge is -2.08. The number of imidazole rings is 1. The van der Waals surface area contributed by atoms with E-state index >= 15 is 0 Å². The lowest BCUT2D eigenvalue weighted by molar-refractivity contribution is 0.0953. The molecule has 6 heteroatoms. The fourth-order valence-corrected chi connectivity index (χ4v) is 3.11. The Labute approximate surface area is 157 Å². The van der Waals surface area contributed by atoms with Crippen LogP contribution < -0.4 is 5.32 Å². The molecule has 0 aliphatic carbocycles. The molecule has 3 heterocycles. The van der Waals surface area contributed by atoms with E-state index in [1.165, 1.54) is 0 Å². The van der Waals surface area contributed by atoms with Gasteiger partial charge in [-0.1, -0.05) is 12.1 Å². The molecule has 0 atom stereocenters. The van der Waals surface area contributed by atoms with Crippen LogP contribution >= 0.6 is 0 Å². The number of nitrogens with zero attached hydrogens (tertiary/aromatic N) is 4. The summed E-state index contributed by atoms with van der Waals surface area (Å²) in [6, 6.07) is 13.7. The van der Waals surface area contributed by atoms with Gasteiger partial charge in [0.15, 0.2) is 0 Å². The Kier molecular flexibility index (Phi) is 4.96. The highest BCUT2D eigenvalue weighted by Gasteiger charge is 2.06. The lowest BCUT2D eigenvalue weighted by Crippen LogP contribution is -2.25. The molecule has 6 nitrogen and oxygen atoms in total. The molecule has 0 unspecified atom stereocenters. The number of hydrogen-bond donors (Lipinski definition) is 1. The largest absolute Gasteiger partial charge is 0.352 e. The number of hydrogen-bond acceptors (Lipinski definition) is 3. The SMILES string of the molecule is O=C(NCCCn1ccc2cccnc21)c1ccc(Cn2ccnc2)cc1. The first-order chi connectivity index (χ1) is 13.3. The number of rotatable bonds is 7. The van der Waals surface area contributed by atoms with Gasteiger partial charge in [0.25, 0.3) is 5.91 Å². The number of aryl methyl sites for hydroxylation is 1. The van der Waals surface area contributed by atoms with E-state index in [1.807, 2.05) is 47.3 Å². The molecule has 1 N–H and O–H groups in total. The molecule has 0 radical (unpaired) electrons. The van der Waals surface area contributed by atoms with Crippen LogP contribution in [0.1, 0.15) is 22.3 Å². The average molecular weight is 359 g/mol. The van der Waals surface area contributed by atoms with Crippen LogP contribution in [0, 0.1) is 0 Å². The number of carbonyl (C=O) groups is 1. The molecule has 0 aliphatic heterocycles. The average Bonchev–Trinajstić information content (AvgIpc) is 3.36. The first-order valence-corrected chi connectivity index (χ1v) is 9.02. The Morgan fingerprint density at radius 2 is 1.93 bits per heavy atom. The van der Waals surface area contributed by atoms with Gasteiger partial charge in [-0.05, 0) is 42.3 Å². The van der Waals surface area contributed by atoms with Gasteiger partial charge in [0.05, 0.1) is 6.33 Å². The minimum absolute atomic E-state index is 0.0420. The van der Waals surface area contributed by atoms with E-state index in [0.717, 1.165) is 36.1 Å². The predicted molar refractivity (Wildman–Crippen MR) is 104 cm³/mol. The van der Waals surface area contributed by atoms with E-state index in [2.05, 4.69) is 32.0 Å². The van der Waals surface area contributed by atoms with Gasteiger partial charge < -0.3 is 14.5 Å². The van der Waals surface area contributed by atoms with Crippen molar-refractivity contribution in [2.24, 2.45) is 0 Å². The van der Waals surface area contributed by atoms with Crippen molar-refractivity contribution in [1.29, 1.82) is 0 Å². The minimum atomic E-state index is -0.0420. The van der Waals surface area contributed by atoms with Crippen molar-refractivity contribution in [3.63, 3.8) is 0 Å². The van der Waals surface area contributed by atoms with Gasteiger partial charge in [-0.3, -0.25) is 4.79 Å². The number of pyridine rings is 1. The molecule has 1 amide bonds. The van der Waals surface area contributed by atoms with Crippen LogP contribution in [0.25, 0.3) is 11.0 Å². The summed E-state index contributed by atoms with van der Waals surface area (Å²) in [5, 5.41) is 4.12. The number of nitrogens with one attached hydrogen (secondary N) is 1. The zero-order valence-corrected chi connectivity index (χ0v) is 15.0. The molecule has 0 saturated heterocycles. The van der Waals surface area contributed by atoms with Crippen LogP contribution in [0.2, 0.25) is 0 Å². The Balaban J connectivity index is 1.26. The Bertz CT molecular complexity index is 1020. The van der Waals surface area contributed by atoms with Gasteiger partial charge in [-0.25, -0.2) is 9.97 Å². The molecule has 0 spiro atoms. The van der Waals surface area contributed by atoms with E-state index in [1.54, 1.807) is 18.7 Å². The second-order valence-electron chi connectivity index (χ2n) is 6.47. The van der Waals surface area contributed by atoms with Gasteiger partial charge in [0.2, 0.25) is 0 Å². The fraction of sp³-hybridized carbons (Fsp3) is 0.190. The van der Waals surface area contributed by atoms with Crippen molar-refractivity contribution in [3.8, 4) is 0 Å². The third-order valence-electron chi connectivity index (χ3n) is 4.52. The quantitative estimate of drug-likeness (QED) is 0.516. The van der Waals surface area contributed by atoms with Gasteiger partial charge in [-0.2, -0.15) is 0 Å². The summed E-state index contributed by atoms with van der Waals surface area (Å²) in [6.45, 7) is 2.20. The number of amides is 1. The number of fused-ring (bicyclic) bond motifs is 1. The second kappa shape index (κ2) is 7.86. The van der Waals surface area contributed by atoms with Crippen molar-refractivity contribution >= 4 is 16.9 Å². The van der Waals surface area contributed by atoms with Crippen molar-refractivity contribution in [2.75, 3.05) is 6.54 Å². The van der Waals surface area contributed by atoms with Crippen molar-refractivity contribution in [2.45, 2.75) is 19.5 Å². The number of carbonyl (C=O) groups excluding carboxylic acids is 1. The minimum Gasteiger partial charge on any atom is -0.352 e. The normalized spacial score (nSPS) is 11.0. The molecule has 4 rings (SSSR count). The summed E-state index contributed by atoms with van der Waals surface area (Å²) in [7, 11) is 0. The third kappa shape index (κ3) is 4.06. The summed E-state index contributed by atoms with van der Waals surface area (Å²) in [5.74, 6) is -0.0420. The highest BCUT2D eigenvalue weighted by Crippen LogP contribution is 2.12. The van der Waals surface area contributed by atoms with Crippen LogP contribution in [0.4, 0.5) is 0 Å². The van der Waals surface area contributed by atoms with Crippen molar-refractivity contribution in [3.05, 3.63) is 84.7 Å². The fourth-order valence-electron chi connectivity index (χ4n) is 3.11. The topological polar surface area (TPSA) is 64.7 Å². The smallest absolute Gasteiger partial charge is 0.251 e. The molecule has 4 aromatic rings. The third-order valence-corrected chi connectivity index (χ3v) is 4.52. The van der Waals surface area contributed by atoms with E-state index in [9.17, 15) is 4.79 Å². The maximum absolute atomic E-state index is 12.3. The monoisotopic (exact) mass is 359 g/mol. The first-order valence-electron chi connectivity index (χ1n) is 9.02. The van der Waals surface area contributed by atoms with E-state index in [4.69, 9.17) is 0 Å². The van der Waals surface area contributed by atoms with Gasteiger partial charge in [0.1, 0.15) is 5.65 Å². The van der Waals surface area contributed by atoms with Crippen LogP contribution in [0.15, 0.2) is 73.6 Å². The predicted octanol–water partition coefficient (Wildman–Crippen LogP) is 3.10. The van der Waals surface area contributed by atoms with Crippen molar-refractivity contribution in [1.82, 2.24) is 24.4 Å². The Morgan fingerprint density at radius 1 is 1.04 bits per heavy atom.